The monoisotopic (exact) mass is 482 g/mol. The molecule has 1 N–H and O–H groups in total. The highest BCUT2D eigenvalue weighted by atomic mass is 16.5. The van der Waals surface area contributed by atoms with Gasteiger partial charge in [-0.3, -0.25) is 4.90 Å². The van der Waals surface area contributed by atoms with Crippen LogP contribution in [0.15, 0.2) is 60.8 Å². The van der Waals surface area contributed by atoms with Crippen molar-refractivity contribution >= 4 is 28.0 Å². The molecule has 188 valence electrons. The smallest absolute Gasteiger partial charge is 0.138 e. The molecule has 0 atom stereocenters. The van der Waals surface area contributed by atoms with E-state index in [4.69, 9.17) is 4.74 Å². The summed E-state index contributed by atoms with van der Waals surface area (Å²) in [4.78, 5) is 13.0. The number of aromatic nitrogens is 2. The van der Waals surface area contributed by atoms with E-state index in [1.807, 2.05) is 6.20 Å². The second-order valence-electron chi connectivity index (χ2n) is 9.97. The Kier molecular flexibility index (Phi) is 7.99. The van der Waals surface area contributed by atoms with Crippen molar-refractivity contribution in [2.75, 3.05) is 46.4 Å². The number of aromatic amines is 1. The lowest BCUT2D eigenvalue weighted by Gasteiger charge is -2.32. The van der Waals surface area contributed by atoms with Crippen LogP contribution in [0.25, 0.3) is 39.1 Å². The Balaban J connectivity index is 1.26. The zero-order valence-electron chi connectivity index (χ0n) is 21.7. The Hall–Kier alpha value is -3.15. The standard InChI is InChI=1S/C31H38N4O/c1-3-4-5-6-7-8-24-21-29-28-22-26(11-14-30(28)33-31(29)32-23-24)25-9-12-27(13-10-25)36-20-19-35-17-15-34(2)16-18-35/h7-14,21-23H,3-6,15-20H2,1-2H3,(H,32,33)/b8-7+. The summed E-state index contributed by atoms with van der Waals surface area (Å²) >= 11 is 0. The van der Waals surface area contributed by atoms with Crippen LogP contribution in [0.5, 0.6) is 5.75 Å². The molecular formula is C31H38N4O. The molecule has 36 heavy (non-hydrogen) atoms. The molecule has 5 heteroatoms. The van der Waals surface area contributed by atoms with E-state index in [0.29, 0.717) is 0 Å². The van der Waals surface area contributed by atoms with Crippen molar-refractivity contribution in [1.82, 2.24) is 19.8 Å². The van der Waals surface area contributed by atoms with Gasteiger partial charge in [0.05, 0.1) is 0 Å². The fraction of sp³-hybridized carbons (Fsp3) is 0.387. The largest absolute Gasteiger partial charge is 0.492 e. The van der Waals surface area contributed by atoms with E-state index < -0.39 is 0 Å². The molecule has 1 aliphatic heterocycles. The van der Waals surface area contributed by atoms with E-state index in [0.717, 1.165) is 68.2 Å². The number of nitrogens with one attached hydrogen (secondary N) is 1. The average molecular weight is 483 g/mol. The van der Waals surface area contributed by atoms with Gasteiger partial charge in [-0.2, -0.15) is 0 Å². The number of fused-ring (bicyclic) bond motifs is 3. The van der Waals surface area contributed by atoms with Gasteiger partial charge < -0.3 is 14.6 Å². The van der Waals surface area contributed by atoms with E-state index >= 15 is 0 Å². The maximum absolute atomic E-state index is 6.03. The highest BCUT2D eigenvalue weighted by Gasteiger charge is 2.13. The van der Waals surface area contributed by atoms with Crippen molar-refractivity contribution in [2.45, 2.75) is 32.6 Å². The number of ether oxygens (including phenoxy) is 1. The van der Waals surface area contributed by atoms with Crippen LogP contribution < -0.4 is 4.74 Å². The zero-order chi connectivity index (χ0) is 24.7. The summed E-state index contributed by atoms with van der Waals surface area (Å²) in [6.45, 7) is 8.49. The number of rotatable bonds is 10. The summed E-state index contributed by atoms with van der Waals surface area (Å²) in [6.07, 6.45) is 11.3. The summed E-state index contributed by atoms with van der Waals surface area (Å²) in [7, 11) is 2.19. The molecule has 0 saturated carbocycles. The highest BCUT2D eigenvalue weighted by Crippen LogP contribution is 2.31. The van der Waals surface area contributed by atoms with Crippen LogP contribution >= 0.6 is 0 Å². The van der Waals surface area contributed by atoms with E-state index in [1.54, 1.807) is 0 Å². The van der Waals surface area contributed by atoms with Gasteiger partial charge in [-0.25, -0.2) is 4.98 Å². The SMILES string of the molecule is CCCCC/C=C/c1cnc2[nH]c3ccc(-c4ccc(OCCN5CCN(C)CC5)cc4)cc3c2c1. The molecule has 0 aliphatic carbocycles. The number of hydrogen-bond donors (Lipinski definition) is 1. The molecular weight excluding hydrogens is 444 g/mol. The average Bonchev–Trinajstić information content (AvgIpc) is 3.27. The number of unbranched alkanes of at least 4 members (excludes halogenated alkanes) is 3. The van der Waals surface area contributed by atoms with Crippen molar-refractivity contribution in [3.63, 3.8) is 0 Å². The van der Waals surface area contributed by atoms with Crippen molar-refractivity contribution in [2.24, 2.45) is 0 Å². The van der Waals surface area contributed by atoms with E-state index in [-0.39, 0.29) is 0 Å². The predicted octanol–water partition coefficient (Wildman–Crippen LogP) is 6.60. The number of hydrogen-bond acceptors (Lipinski definition) is 4. The van der Waals surface area contributed by atoms with Gasteiger partial charge in [0.2, 0.25) is 0 Å². The molecule has 0 radical (unpaired) electrons. The summed E-state index contributed by atoms with van der Waals surface area (Å²) in [6, 6.07) is 17.3. The molecule has 0 amide bonds. The van der Waals surface area contributed by atoms with Crippen LogP contribution in [-0.2, 0) is 0 Å². The Bertz CT molecular complexity index is 1300. The number of likely N-dealkylation sites (N-methyl/N-ethyl adjacent to an activating group) is 1. The van der Waals surface area contributed by atoms with E-state index in [1.165, 1.54) is 41.2 Å². The minimum Gasteiger partial charge on any atom is -0.492 e. The van der Waals surface area contributed by atoms with Gasteiger partial charge in [0.15, 0.2) is 0 Å². The fourth-order valence-electron chi connectivity index (χ4n) is 4.90. The van der Waals surface area contributed by atoms with Crippen LogP contribution in [0.3, 0.4) is 0 Å². The molecule has 0 spiro atoms. The lowest BCUT2D eigenvalue weighted by Crippen LogP contribution is -2.45. The normalized spacial score (nSPS) is 15.4. The van der Waals surface area contributed by atoms with Gasteiger partial charge in [0, 0.05) is 55.2 Å². The second kappa shape index (κ2) is 11.7. The second-order valence-corrected chi connectivity index (χ2v) is 9.97. The minimum absolute atomic E-state index is 0.729. The molecule has 4 aromatic rings. The van der Waals surface area contributed by atoms with Gasteiger partial charge >= 0.3 is 0 Å². The van der Waals surface area contributed by atoms with Crippen molar-refractivity contribution < 1.29 is 4.74 Å². The van der Waals surface area contributed by atoms with Crippen molar-refractivity contribution in [3.05, 3.63) is 66.4 Å². The Morgan fingerprint density at radius 2 is 1.75 bits per heavy atom. The molecule has 5 nitrogen and oxygen atoms in total. The Labute approximate surface area is 214 Å². The number of nitrogens with zero attached hydrogens (tertiary/aromatic N) is 3. The molecule has 1 aliphatic rings. The van der Waals surface area contributed by atoms with Gasteiger partial charge in [0.25, 0.3) is 0 Å². The molecule has 2 aromatic heterocycles. The predicted molar refractivity (Wildman–Crippen MR) is 152 cm³/mol. The fourth-order valence-corrected chi connectivity index (χ4v) is 4.90. The van der Waals surface area contributed by atoms with Crippen molar-refractivity contribution in [1.29, 1.82) is 0 Å². The molecule has 2 aromatic carbocycles. The summed E-state index contributed by atoms with van der Waals surface area (Å²) in [5, 5.41) is 2.38. The quantitative estimate of drug-likeness (QED) is 0.259. The number of piperazine rings is 1. The lowest BCUT2D eigenvalue weighted by molar-refractivity contribution is 0.134. The summed E-state index contributed by atoms with van der Waals surface area (Å²) in [5.41, 5.74) is 5.61. The topological polar surface area (TPSA) is 44.4 Å². The van der Waals surface area contributed by atoms with E-state index in [2.05, 4.69) is 94.4 Å². The molecule has 0 unspecified atom stereocenters. The van der Waals surface area contributed by atoms with Gasteiger partial charge in [-0.05, 0) is 66.9 Å². The molecule has 1 saturated heterocycles. The summed E-state index contributed by atoms with van der Waals surface area (Å²) < 4.78 is 6.03. The number of allylic oxidation sites excluding steroid dienone is 1. The molecule has 1 fully saturated rings. The van der Waals surface area contributed by atoms with Gasteiger partial charge in [0.1, 0.15) is 18.0 Å². The summed E-state index contributed by atoms with van der Waals surface area (Å²) in [5.74, 6) is 0.931. The van der Waals surface area contributed by atoms with Crippen LogP contribution in [0.1, 0.15) is 38.2 Å². The van der Waals surface area contributed by atoms with Crippen LogP contribution in [0.2, 0.25) is 0 Å². The third-order valence-electron chi connectivity index (χ3n) is 7.22. The molecule has 5 rings (SSSR count). The number of H-pyrrole nitrogens is 1. The number of pyridine rings is 1. The highest BCUT2D eigenvalue weighted by molar-refractivity contribution is 6.07. The Morgan fingerprint density at radius 1 is 0.944 bits per heavy atom. The molecule has 0 bridgehead atoms. The zero-order valence-corrected chi connectivity index (χ0v) is 21.7. The minimum atomic E-state index is 0.729. The maximum atomic E-state index is 6.03. The Morgan fingerprint density at radius 3 is 2.56 bits per heavy atom. The van der Waals surface area contributed by atoms with Crippen LogP contribution in [0, 0.1) is 0 Å². The number of benzene rings is 2. The first-order valence-electron chi connectivity index (χ1n) is 13.4. The van der Waals surface area contributed by atoms with Crippen LogP contribution in [-0.4, -0.2) is 66.1 Å². The first kappa shape index (κ1) is 24.5. The van der Waals surface area contributed by atoms with Gasteiger partial charge in [-0.1, -0.05) is 50.1 Å². The lowest BCUT2D eigenvalue weighted by atomic mass is 10.0. The first-order chi connectivity index (χ1) is 17.7. The third-order valence-corrected chi connectivity index (χ3v) is 7.22. The van der Waals surface area contributed by atoms with Crippen LogP contribution in [0.4, 0.5) is 0 Å². The third kappa shape index (κ3) is 5.97. The van der Waals surface area contributed by atoms with Crippen molar-refractivity contribution in [3.8, 4) is 16.9 Å². The van der Waals surface area contributed by atoms with E-state index in [9.17, 15) is 0 Å². The van der Waals surface area contributed by atoms with Gasteiger partial charge in [-0.15, -0.1) is 0 Å². The maximum Gasteiger partial charge on any atom is 0.138 e. The molecule has 3 heterocycles. The first-order valence-corrected chi connectivity index (χ1v) is 13.4.